The van der Waals surface area contributed by atoms with Crippen LogP contribution < -0.4 is 0 Å². The first kappa shape index (κ1) is 25.1. The topological polar surface area (TPSA) is 224 Å². The molecule has 3 aromatic carbocycles. The fraction of sp³-hybridized carbons (Fsp3) is 0. The van der Waals surface area contributed by atoms with Crippen LogP contribution in [0.1, 0.15) is 62.1 Å². The third kappa shape index (κ3) is 4.59. The van der Waals surface area contributed by atoms with Crippen molar-refractivity contribution in [2.45, 2.75) is 0 Å². The quantitative estimate of drug-likeness (QED) is 0.265. The molecule has 0 spiro atoms. The first-order valence-electron chi connectivity index (χ1n) is 9.70. The fourth-order valence-electron chi connectivity index (χ4n) is 3.57. The van der Waals surface area contributed by atoms with Gasteiger partial charge >= 0.3 is 35.8 Å². The van der Waals surface area contributed by atoms with Gasteiger partial charge in [0.15, 0.2) is 0 Å². The van der Waals surface area contributed by atoms with Crippen LogP contribution in [0.4, 0.5) is 0 Å². The van der Waals surface area contributed by atoms with Crippen LogP contribution in [0.25, 0.3) is 22.3 Å². The molecular formula is C24H14O12. The molecule has 12 heteroatoms. The monoisotopic (exact) mass is 494 g/mol. The molecule has 182 valence electrons. The van der Waals surface area contributed by atoms with E-state index in [1.165, 1.54) is 0 Å². The zero-order valence-corrected chi connectivity index (χ0v) is 17.8. The fourth-order valence-corrected chi connectivity index (χ4v) is 3.57. The van der Waals surface area contributed by atoms with Crippen LogP contribution in [0.15, 0.2) is 48.5 Å². The van der Waals surface area contributed by atoms with Gasteiger partial charge in [0, 0.05) is 0 Å². The number of carboxylic acid groups (broad SMARTS) is 6. The molecule has 3 rings (SSSR count). The zero-order valence-electron chi connectivity index (χ0n) is 17.8. The van der Waals surface area contributed by atoms with Gasteiger partial charge in [0.2, 0.25) is 0 Å². The summed E-state index contributed by atoms with van der Waals surface area (Å²) >= 11 is 0. The summed E-state index contributed by atoms with van der Waals surface area (Å²) < 4.78 is 0. The van der Waals surface area contributed by atoms with Crippen LogP contribution in [-0.4, -0.2) is 66.5 Å². The van der Waals surface area contributed by atoms with Crippen LogP contribution in [-0.2, 0) is 0 Å². The average molecular weight is 494 g/mol. The lowest BCUT2D eigenvalue weighted by Gasteiger charge is -2.16. The van der Waals surface area contributed by atoms with Gasteiger partial charge in [-0.05, 0) is 70.8 Å². The summed E-state index contributed by atoms with van der Waals surface area (Å²) in [5, 5.41) is 57.3. The number of benzene rings is 3. The molecule has 0 heterocycles. The van der Waals surface area contributed by atoms with E-state index in [0.29, 0.717) is 0 Å². The van der Waals surface area contributed by atoms with Crippen LogP contribution in [0.5, 0.6) is 0 Å². The smallest absolute Gasteiger partial charge is 0.336 e. The van der Waals surface area contributed by atoms with Crippen molar-refractivity contribution >= 4 is 35.8 Å². The van der Waals surface area contributed by atoms with Crippen LogP contribution in [0, 0.1) is 0 Å². The molecular weight excluding hydrogens is 480 g/mol. The zero-order chi connectivity index (χ0) is 26.9. The van der Waals surface area contributed by atoms with Gasteiger partial charge < -0.3 is 30.6 Å². The summed E-state index contributed by atoms with van der Waals surface area (Å²) in [7, 11) is 0. The van der Waals surface area contributed by atoms with Crippen molar-refractivity contribution in [1.82, 2.24) is 0 Å². The first-order chi connectivity index (χ1) is 16.8. The molecule has 6 N–H and O–H groups in total. The predicted octanol–water partition coefficient (Wildman–Crippen LogP) is 3.21. The van der Waals surface area contributed by atoms with Crippen LogP contribution in [0.3, 0.4) is 0 Å². The summed E-state index contributed by atoms with van der Waals surface area (Å²) in [6, 6.07) is 7.05. The Bertz CT molecular complexity index is 1390. The summed E-state index contributed by atoms with van der Waals surface area (Å²) in [6.45, 7) is 0. The van der Waals surface area contributed by atoms with Crippen LogP contribution in [0.2, 0.25) is 0 Å². The molecule has 0 aliphatic heterocycles. The Balaban J connectivity index is 2.50. The van der Waals surface area contributed by atoms with Crippen molar-refractivity contribution in [3.63, 3.8) is 0 Å². The Morgan fingerprint density at radius 3 is 0.889 bits per heavy atom. The normalized spacial score (nSPS) is 10.4. The Hall–Kier alpha value is -5.52. The van der Waals surface area contributed by atoms with E-state index in [1.54, 1.807) is 0 Å². The molecule has 0 amide bonds. The third-order valence-corrected chi connectivity index (χ3v) is 5.19. The van der Waals surface area contributed by atoms with Gasteiger partial charge in [-0.3, -0.25) is 0 Å². The Morgan fingerprint density at radius 1 is 0.361 bits per heavy atom. The largest absolute Gasteiger partial charge is 0.478 e. The molecule has 0 radical (unpaired) electrons. The van der Waals surface area contributed by atoms with E-state index >= 15 is 0 Å². The molecule has 0 fully saturated rings. The number of carbonyl (C=O) groups is 6. The van der Waals surface area contributed by atoms with Crippen molar-refractivity contribution in [2.75, 3.05) is 0 Å². The lowest BCUT2D eigenvalue weighted by Crippen LogP contribution is -2.11. The number of rotatable bonds is 8. The number of hydrogen-bond acceptors (Lipinski definition) is 6. The Kier molecular flexibility index (Phi) is 6.54. The van der Waals surface area contributed by atoms with E-state index in [9.17, 15) is 59.4 Å². The Morgan fingerprint density at radius 2 is 0.639 bits per heavy atom. The average Bonchev–Trinajstić information content (AvgIpc) is 2.81. The van der Waals surface area contributed by atoms with Crippen molar-refractivity contribution in [1.29, 1.82) is 0 Å². The molecule has 0 aliphatic carbocycles. The maximum atomic E-state index is 12.1. The van der Waals surface area contributed by atoms with Gasteiger partial charge in [0.25, 0.3) is 0 Å². The molecule has 0 aliphatic rings. The van der Waals surface area contributed by atoms with Crippen molar-refractivity contribution in [2.24, 2.45) is 0 Å². The molecule has 12 nitrogen and oxygen atoms in total. The highest BCUT2D eigenvalue weighted by Crippen LogP contribution is 2.36. The second kappa shape index (κ2) is 9.38. The summed E-state index contributed by atoms with van der Waals surface area (Å²) in [5.41, 5.74) is -4.97. The minimum absolute atomic E-state index is 0.408. The van der Waals surface area contributed by atoms with Gasteiger partial charge in [0.05, 0.1) is 33.4 Å². The predicted molar refractivity (Wildman–Crippen MR) is 119 cm³/mol. The van der Waals surface area contributed by atoms with E-state index in [2.05, 4.69) is 0 Å². The van der Waals surface area contributed by atoms with E-state index in [-0.39, 0.29) is 0 Å². The molecule has 0 bridgehead atoms. The molecule has 0 unspecified atom stereocenters. The minimum atomic E-state index is -1.67. The van der Waals surface area contributed by atoms with Gasteiger partial charge in [-0.2, -0.15) is 0 Å². The number of aromatic carboxylic acids is 6. The minimum Gasteiger partial charge on any atom is -0.478 e. The highest BCUT2D eigenvalue weighted by atomic mass is 16.4. The second-order valence-electron chi connectivity index (χ2n) is 7.30. The summed E-state index contributed by atoms with van der Waals surface area (Å²) in [5.74, 6) is -9.38. The number of hydrogen-bond donors (Lipinski definition) is 6. The van der Waals surface area contributed by atoms with Gasteiger partial charge in [0.1, 0.15) is 0 Å². The molecule has 0 saturated heterocycles. The summed E-state index contributed by atoms with van der Waals surface area (Å²) in [6.07, 6.45) is 0. The van der Waals surface area contributed by atoms with Crippen molar-refractivity contribution in [3.8, 4) is 22.3 Å². The van der Waals surface area contributed by atoms with E-state index < -0.39 is 91.5 Å². The Labute approximate surface area is 199 Å². The lowest BCUT2D eigenvalue weighted by atomic mass is 9.86. The highest BCUT2D eigenvalue weighted by Gasteiger charge is 2.26. The lowest BCUT2D eigenvalue weighted by molar-refractivity contribution is 0.0679. The maximum Gasteiger partial charge on any atom is 0.336 e. The summed E-state index contributed by atoms with van der Waals surface area (Å²) in [4.78, 5) is 70.6. The molecule has 0 atom stereocenters. The molecule has 0 aromatic heterocycles. The van der Waals surface area contributed by atoms with E-state index in [4.69, 9.17) is 0 Å². The SMILES string of the molecule is O=C(O)c1ccc(C(=O)O)c(-c2cc(C(=O)O)c(-c3cc(C(=O)O)ccc3C(=O)O)cc2C(=O)O)c1. The second-order valence-corrected chi connectivity index (χ2v) is 7.30. The standard InChI is InChI=1S/C24H14O12/c25-19(26)9-1-3-11(21(29)30)13(5-9)15-7-18(24(35)36)16(8-17(15)23(33)34)14-6-10(20(27)28)2-4-12(14)22(31)32/h1-8H,(H,25,26)(H,27,28)(H,29,30)(H,31,32)(H,33,34)(H,35,36). The third-order valence-electron chi connectivity index (χ3n) is 5.19. The molecule has 0 saturated carbocycles. The van der Waals surface area contributed by atoms with Crippen LogP contribution >= 0.6 is 0 Å². The van der Waals surface area contributed by atoms with E-state index in [0.717, 1.165) is 48.5 Å². The highest BCUT2D eigenvalue weighted by molar-refractivity contribution is 6.09. The van der Waals surface area contributed by atoms with Gasteiger partial charge in [-0.1, -0.05) is 0 Å². The van der Waals surface area contributed by atoms with Gasteiger partial charge in [-0.25, -0.2) is 28.8 Å². The maximum absolute atomic E-state index is 12.1. The molecule has 36 heavy (non-hydrogen) atoms. The van der Waals surface area contributed by atoms with Gasteiger partial charge in [-0.15, -0.1) is 0 Å². The number of carboxylic acids is 6. The van der Waals surface area contributed by atoms with Crippen molar-refractivity contribution < 1.29 is 59.4 Å². The van der Waals surface area contributed by atoms with Crippen molar-refractivity contribution in [3.05, 3.63) is 81.9 Å². The van der Waals surface area contributed by atoms with E-state index in [1.807, 2.05) is 0 Å². The first-order valence-corrected chi connectivity index (χ1v) is 9.70. The molecule has 3 aromatic rings.